The predicted octanol–water partition coefficient (Wildman–Crippen LogP) is 1.39. The molecular formula is C10H21NO. The minimum atomic E-state index is 0.251. The van der Waals surface area contributed by atoms with Crippen LogP contribution >= 0.6 is 0 Å². The third-order valence-electron chi connectivity index (χ3n) is 3.04. The van der Waals surface area contributed by atoms with Crippen molar-refractivity contribution in [3.05, 3.63) is 0 Å². The summed E-state index contributed by atoms with van der Waals surface area (Å²) in [7, 11) is 0. The highest BCUT2D eigenvalue weighted by molar-refractivity contribution is 4.76. The molecule has 12 heavy (non-hydrogen) atoms. The Bertz CT molecular complexity index is 127. The number of rotatable bonds is 4. The lowest BCUT2D eigenvalue weighted by Crippen LogP contribution is -2.34. The number of nitrogens with one attached hydrogen (secondary N) is 1. The van der Waals surface area contributed by atoms with Gasteiger partial charge in [-0.05, 0) is 31.7 Å². The van der Waals surface area contributed by atoms with Crippen LogP contribution in [-0.2, 0) is 0 Å². The Morgan fingerprint density at radius 1 is 1.50 bits per heavy atom. The van der Waals surface area contributed by atoms with Gasteiger partial charge in [-0.25, -0.2) is 0 Å². The molecule has 0 radical (unpaired) electrons. The minimum absolute atomic E-state index is 0.251. The molecule has 1 aliphatic carbocycles. The lowest BCUT2D eigenvalue weighted by Gasteiger charge is -2.18. The monoisotopic (exact) mass is 171 g/mol. The fourth-order valence-electron chi connectivity index (χ4n) is 1.94. The first-order chi connectivity index (χ1) is 5.74. The summed E-state index contributed by atoms with van der Waals surface area (Å²) in [5, 5.41) is 12.2. The maximum Gasteiger partial charge on any atom is 0.0581 e. The zero-order valence-corrected chi connectivity index (χ0v) is 8.21. The van der Waals surface area contributed by atoms with Gasteiger partial charge in [0.2, 0.25) is 0 Å². The maximum absolute atomic E-state index is 8.81. The highest BCUT2D eigenvalue weighted by Crippen LogP contribution is 2.30. The van der Waals surface area contributed by atoms with Gasteiger partial charge in [0, 0.05) is 6.04 Å². The molecule has 0 spiro atoms. The van der Waals surface area contributed by atoms with E-state index in [9.17, 15) is 0 Å². The largest absolute Gasteiger partial charge is 0.395 e. The predicted molar refractivity (Wildman–Crippen MR) is 51.1 cm³/mol. The number of aliphatic hydroxyl groups excluding tert-OH is 1. The van der Waals surface area contributed by atoms with E-state index in [1.165, 1.54) is 19.3 Å². The van der Waals surface area contributed by atoms with E-state index in [0.717, 1.165) is 18.4 Å². The van der Waals surface area contributed by atoms with Gasteiger partial charge in [-0.2, -0.15) is 0 Å². The van der Waals surface area contributed by atoms with Crippen LogP contribution < -0.4 is 5.32 Å². The lowest BCUT2D eigenvalue weighted by molar-refractivity contribution is 0.241. The molecule has 1 saturated carbocycles. The molecule has 1 fully saturated rings. The van der Waals surface area contributed by atoms with Gasteiger partial charge in [0.05, 0.1) is 6.61 Å². The molecule has 0 aromatic rings. The summed E-state index contributed by atoms with van der Waals surface area (Å²) >= 11 is 0. The van der Waals surface area contributed by atoms with Crippen LogP contribution in [0.1, 0.15) is 33.1 Å². The molecule has 2 N–H and O–H groups in total. The highest BCUT2D eigenvalue weighted by Gasteiger charge is 2.22. The van der Waals surface area contributed by atoms with E-state index in [2.05, 4.69) is 12.2 Å². The van der Waals surface area contributed by atoms with Crippen molar-refractivity contribution in [3.63, 3.8) is 0 Å². The Morgan fingerprint density at radius 2 is 2.25 bits per heavy atom. The van der Waals surface area contributed by atoms with Crippen LogP contribution in [0.4, 0.5) is 0 Å². The fourth-order valence-corrected chi connectivity index (χ4v) is 1.94. The third kappa shape index (κ3) is 2.76. The van der Waals surface area contributed by atoms with Gasteiger partial charge >= 0.3 is 0 Å². The summed E-state index contributed by atoms with van der Waals surface area (Å²) in [5.74, 6) is 1.72. The van der Waals surface area contributed by atoms with Gasteiger partial charge in [-0.1, -0.05) is 19.8 Å². The Hall–Kier alpha value is -0.0800. The molecule has 3 atom stereocenters. The number of aliphatic hydroxyl groups is 1. The third-order valence-corrected chi connectivity index (χ3v) is 3.04. The first-order valence-corrected chi connectivity index (χ1v) is 5.08. The van der Waals surface area contributed by atoms with Gasteiger partial charge in [0.25, 0.3) is 0 Å². The van der Waals surface area contributed by atoms with Crippen molar-refractivity contribution in [2.75, 3.05) is 13.2 Å². The molecule has 0 aromatic carbocycles. The average molecular weight is 171 g/mol. The molecule has 0 bridgehead atoms. The first kappa shape index (κ1) is 10.0. The average Bonchev–Trinajstić information content (AvgIpc) is 2.47. The molecule has 72 valence electrons. The van der Waals surface area contributed by atoms with Crippen molar-refractivity contribution in [1.29, 1.82) is 0 Å². The molecule has 3 unspecified atom stereocenters. The maximum atomic E-state index is 8.81. The van der Waals surface area contributed by atoms with E-state index in [0.29, 0.717) is 0 Å². The van der Waals surface area contributed by atoms with Crippen LogP contribution in [0.5, 0.6) is 0 Å². The van der Waals surface area contributed by atoms with E-state index < -0.39 is 0 Å². The molecule has 2 nitrogen and oxygen atoms in total. The minimum Gasteiger partial charge on any atom is -0.395 e. The summed E-state index contributed by atoms with van der Waals surface area (Å²) in [6, 6.07) is 0.262. The van der Waals surface area contributed by atoms with Crippen molar-refractivity contribution >= 4 is 0 Å². The first-order valence-electron chi connectivity index (χ1n) is 5.08. The second kappa shape index (κ2) is 4.83. The van der Waals surface area contributed by atoms with Gasteiger partial charge in [-0.15, -0.1) is 0 Å². The van der Waals surface area contributed by atoms with Crippen LogP contribution in [0.3, 0.4) is 0 Å². The van der Waals surface area contributed by atoms with Crippen molar-refractivity contribution in [2.45, 2.75) is 39.2 Å². The molecule has 0 aromatic heterocycles. The van der Waals surface area contributed by atoms with Crippen LogP contribution in [0, 0.1) is 11.8 Å². The second-order valence-electron chi connectivity index (χ2n) is 4.16. The van der Waals surface area contributed by atoms with Crippen LogP contribution in [0.25, 0.3) is 0 Å². The molecule has 0 heterocycles. The van der Waals surface area contributed by atoms with E-state index in [-0.39, 0.29) is 12.6 Å². The second-order valence-corrected chi connectivity index (χ2v) is 4.16. The summed E-state index contributed by atoms with van der Waals surface area (Å²) in [4.78, 5) is 0. The van der Waals surface area contributed by atoms with Gasteiger partial charge < -0.3 is 10.4 Å². The van der Waals surface area contributed by atoms with Crippen LogP contribution in [0.2, 0.25) is 0 Å². The Labute approximate surface area is 75.4 Å². The number of hydrogen-bond donors (Lipinski definition) is 2. The molecule has 0 saturated heterocycles. The van der Waals surface area contributed by atoms with Crippen LogP contribution in [-0.4, -0.2) is 24.3 Å². The Morgan fingerprint density at radius 3 is 2.75 bits per heavy atom. The highest BCUT2D eigenvalue weighted by atomic mass is 16.3. The summed E-state index contributed by atoms with van der Waals surface area (Å²) in [5.41, 5.74) is 0. The zero-order chi connectivity index (χ0) is 8.97. The van der Waals surface area contributed by atoms with Crippen molar-refractivity contribution < 1.29 is 5.11 Å². The van der Waals surface area contributed by atoms with Gasteiger partial charge in [-0.3, -0.25) is 0 Å². The van der Waals surface area contributed by atoms with Crippen molar-refractivity contribution in [2.24, 2.45) is 11.8 Å². The smallest absolute Gasteiger partial charge is 0.0581 e. The Balaban J connectivity index is 2.13. The molecule has 1 aliphatic rings. The summed E-state index contributed by atoms with van der Waals surface area (Å²) in [6.07, 6.45) is 4.15. The zero-order valence-electron chi connectivity index (χ0n) is 8.21. The van der Waals surface area contributed by atoms with Crippen molar-refractivity contribution in [3.8, 4) is 0 Å². The van der Waals surface area contributed by atoms with E-state index in [1.807, 2.05) is 6.92 Å². The quantitative estimate of drug-likeness (QED) is 0.670. The standard InChI is InChI=1S/C10H21NO/c1-8-4-3-5-10(8)6-11-9(2)7-12/h8-12H,3-7H2,1-2H3. The summed E-state index contributed by atoms with van der Waals surface area (Å²) < 4.78 is 0. The van der Waals surface area contributed by atoms with Crippen molar-refractivity contribution in [1.82, 2.24) is 5.32 Å². The molecule has 0 aliphatic heterocycles. The van der Waals surface area contributed by atoms with Crippen LogP contribution in [0.15, 0.2) is 0 Å². The lowest BCUT2D eigenvalue weighted by atomic mass is 9.98. The summed E-state index contributed by atoms with van der Waals surface area (Å²) in [6.45, 7) is 5.70. The molecule has 0 amide bonds. The molecule has 1 rings (SSSR count). The van der Waals surface area contributed by atoms with Gasteiger partial charge in [0.15, 0.2) is 0 Å². The van der Waals surface area contributed by atoms with E-state index in [4.69, 9.17) is 5.11 Å². The normalized spacial score (nSPS) is 32.2. The molecular weight excluding hydrogens is 150 g/mol. The topological polar surface area (TPSA) is 32.3 Å². The number of hydrogen-bond acceptors (Lipinski definition) is 2. The van der Waals surface area contributed by atoms with E-state index >= 15 is 0 Å². The SMILES string of the molecule is CC(CO)NCC1CCCC1C. The van der Waals surface area contributed by atoms with Gasteiger partial charge in [0.1, 0.15) is 0 Å². The Kier molecular flexibility index (Phi) is 4.02. The molecule has 2 heteroatoms. The van der Waals surface area contributed by atoms with E-state index in [1.54, 1.807) is 0 Å². The fraction of sp³-hybridized carbons (Fsp3) is 1.00.